The second-order valence-electron chi connectivity index (χ2n) is 15.6. The van der Waals surface area contributed by atoms with Crippen molar-refractivity contribution in [3.05, 3.63) is 36.5 Å². The Bertz CT molecular complexity index is 809. The van der Waals surface area contributed by atoms with Crippen molar-refractivity contribution in [2.45, 2.75) is 250 Å². The number of allylic oxidation sites excluding steroid dienone is 5. The fourth-order valence-electron chi connectivity index (χ4n) is 6.88. The normalized spacial score (nSPS) is 13.9. The molecule has 3 unspecified atom stereocenters. The molecule has 4 N–H and O–H groups in total. The molecule has 0 saturated heterocycles. The molecule has 0 aromatic carbocycles. The number of amides is 1. The largest absolute Gasteiger partial charge is 0.394 e. The van der Waals surface area contributed by atoms with Crippen LogP contribution in [0.3, 0.4) is 0 Å². The molecule has 0 aliphatic carbocycles. The average Bonchev–Trinajstić information content (AvgIpc) is 3.14. The van der Waals surface area contributed by atoms with E-state index in [0.29, 0.717) is 6.42 Å². The van der Waals surface area contributed by atoms with Crippen LogP contribution in [0.5, 0.6) is 0 Å². The van der Waals surface area contributed by atoms with Crippen molar-refractivity contribution in [2.75, 3.05) is 6.61 Å². The molecule has 5 nitrogen and oxygen atoms in total. The van der Waals surface area contributed by atoms with E-state index in [2.05, 4.69) is 43.5 Å². The van der Waals surface area contributed by atoms with Gasteiger partial charge >= 0.3 is 0 Å². The highest BCUT2D eigenvalue weighted by Crippen LogP contribution is 2.15. The number of aliphatic hydroxyl groups is 3. The van der Waals surface area contributed by atoms with Crippen LogP contribution in [0.1, 0.15) is 232 Å². The summed E-state index contributed by atoms with van der Waals surface area (Å²) in [7, 11) is 0. The van der Waals surface area contributed by atoms with Gasteiger partial charge in [0, 0.05) is 0 Å². The predicted molar refractivity (Wildman–Crippen MR) is 227 cm³/mol. The maximum atomic E-state index is 12.4. The lowest BCUT2D eigenvalue weighted by Gasteiger charge is -2.20. The molecular weight excluding hydrogens is 643 g/mol. The van der Waals surface area contributed by atoms with Crippen LogP contribution in [0.4, 0.5) is 0 Å². The average molecular weight is 732 g/mol. The van der Waals surface area contributed by atoms with Crippen molar-refractivity contribution in [1.29, 1.82) is 0 Å². The monoisotopic (exact) mass is 732 g/mol. The molecule has 0 aliphatic heterocycles. The van der Waals surface area contributed by atoms with Gasteiger partial charge in [0.05, 0.1) is 31.3 Å². The van der Waals surface area contributed by atoms with E-state index in [1.165, 1.54) is 161 Å². The van der Waals surface area contributed by atoms with Crippen LogP contribution in [-0.4, -0.2) is 46.1 Å². The molecule has 0 bridgehead atoms. The summed E-state index contributed by atoms with van der Waals surface area (Å²) in [4.78, 5) is 12.4. The van der Waals surface area contributed by atoms with Crippen molar-refractivity contribution in [3.8, 4) is 0 Å². The number of unbranched alkanes of at least 4 members (excludes halogenated alkanes) is 28. The van der Waals surface area contributed by atoms with Crippen LogP contribution in [-0.2, 0) is 4.79 Å². The molecule has 0 saturated carbocycles. The van der Waals surface area contributed by atoms with Gasteiger partial charge in [-0.05, 0) is 57.8 Å². The first-order chi connectivity index (χ1) is 25.5. The molecule has 0 fully saturated rings. The summed E-state index contributed by atoms with van der Waals surface area (Å²) in [5.74, 6) is -0.333. The lowest BCUT2D eigenvalue weighted by molar-refractivity contribution is -0.124. The van der Waals surface area contributed by atoms with Crippen LogP contribution in [0.25, 0.3) is 0 Å². The highest BCUT2D eigenvalue weighted by atomic mass is 16.3. The molecule has 0 aromatic rings. The fraction of sp³-hybridized carbons (Fsp3) is 0.851. The van der Waals surface area contributed by atoms with Crippen molar-refractivity contribution in [1.82, 2.24) is 5.32 Å². The first-order valence-corrected chi connectivity index (χ1v) is 22.8. The number of hydrogen-bond donors (Lipinski definition) is 4. The van der Waals surface area contributed by atoms with Crippen LogP contribution in [0.15, 0.2) is 36.5 Å². The standard InChI is InChI=1S/C47H89NO4/c1-3-5-7-9-11-13-15-17-19-21-22-23-24-25-27-29-31-33-35-37-39-41-46(51)45(43-49)48-47(52)42-44(50)40-38-36-34-32-30-28-26-20-18-16-14-12-10-8-6-4-2/h28,30-31,33,39,41,44-46,49-51H,3-27,29,32,34-38,40,42-43H2,1-2H3,(H,48,52)/b30-28-,33-31+,41-39+. The summed E-state index contributed by atoms with van der Waals surface area (Å²) in [5, 5.41) is 33.2. The van der Waals surface area contributed by atoms with E-state index in [0.717, 1.165) is 44.9 Å². The van der Waals surface area contributed by atoms with E-state index in [1.807, 2.05) is 6.08 Å². The van der Waals surface area contributed by atoms with E-state index in [4.69, 9.17) is 0 Å². The molecule has 306 valence electrons. The lowest BCUT2D eigenvalue weighted by atomic mass is 10.0. The molecule has 0 radical (unpaired) electrons. The Balaban J connectivity index is 3.71. The summed E-state index contributed by atoms with van der Waals surface area (Å²) in [6, 6.07) is -0.765. The lowest BCUT2D eigenvalue weighted by Crippen LogP contribution is -2.45. The second-order valence-corrected chi connectivity index (χ2v) is 15.6. The number of carbonyl (C=O) groups is 1. The Morgan fingerprint density at radius 2 is 0.827 bits per heavy atom. The van der Waals surface area contributed by atoms with Gasteiger partial charge < -0.3 is 20.6 Å². The minimum absolute atomic E-state index is 0.00424. The molecule has 3 atom stereocenters. The summed E-state index contributed by atoms with van der Waals surface area (Å²) >= 11 is 0. The van der Waals surface area contributed by atoms with Gasteiger partial charge in [-0.1, -0.05) is 204 Å². The number of rotatable bonds is 41. The van der Waals surface area contributed by atoms with E-state index < -0.39 is 18.2 Å². The highest BCUT2D eigenvalue weighted by Gasteiger charge is 2.20. The van der Waals surface area contributed by atoms with Crippen molar-refractivity contribution < 1.29 is 20.1 Å². The zero-order valence-electron chi connectivity index (χ0n) is 34.7. The van der Waals surface area contributed by atoms with Gasteiger partial charge in [0.1, 0.15) is 0 Å². The zero-order chi connectivity index (χ0) is 38.0. The smallest absolute Gasteiger partial charge is 0.222 e. The van der Waals surface area contributed by atoms with Gasteiger partial charge in [0.2, 0.25) is 5.91 Å². The third-order valence-electron chi connectivity index (χ3n) is 10.4. The third kappa shape index (κ3) is 38.3. The minimum Gasteiger partial charge on any atom is -0.394 e. The minimum atomic E-state index is -0.955. The Hall–Kier alpha value is -1.43. The number of aliphatic hydroxyl groups excluding tert-OH is 3. The molecule has 0 aliphatic rings. The van der Waals surface area contributed by atoms with Gasteiger partial charge in [-0.25, -0.2) is 0 Å². The summed E-state index contributed by atoms with van der Waals surface area (Å²) < 4.78 is 0. The topological polar surface area (TPSA) is 89.8 Å². The van der Waals surface area contributed by atoms with Crippen LogP contribution < -0.4 is 5.32 Å². The molecule has 52 heavy (non-hydrogen) atoms. The SMILES string of the molecule is CCCCCCCCCCC/C=C\CCCCCC(O)CC(=O)NC(CO)C(O)/C=C/CC/C=C/CCCCCCCCCCCCCCCCC. The van der Waals surface area contributed by atoms with E-state index >= 15 is 0 Å². The quantitative estimate of drug-likeness (QED) is 0.0372. The fourth-order valence-corrected chi connectivity index (χ4v) is 6.88. The first-order valence-electron chi connectivity index (χ1n) is 22.8. The Kier molecular flexibility index (Phi) is 41.1. The first kappa shape index (κ1) is 50.6. The molecule has 0 heterocycles. The van der Waals surface area contributed by atoms with Gasteiger partial charge in [-0.15, -0.1) is 0 Å². The molecule has 0 spiro atoms. The molecule has 0 aromatic heterocycles. The van der Waals surface area contributed by atoms with Crippen molar-refractivity contribution >= 4 is 5.91 Å². The Labute approximate surface area is 324 Å². The predicted octanol–water partition coefficient (Wildman–Crippen LogP) is 13.2. The van der Waals surface area contributed by atoms with Gasteiger partial charge in [-0.2, -0.15) is 0 Å². The maximum absolute atomic E-state index is 12.4. The van der Waals surface area contributed by atoms with Crippen molar-refractivity contribution in [2.24, 2.45) is 0 Å². The van der Waals surface area contributed by atoms with Crippen LogP contribution in [0.2, 0.25) is 0 Å². The zero-order valence-corrected chi connectivity index (χ0v) is 34.7. The molecule has 0 rings (SSSR count). The van der Waals surface area contributed by atoms with Crippen molar-refractivity contribution in [3.63, 3.8) is 0 Å². The van der Waals surface area contributed by atoms with Crippen LogP contribution >= 0.6 is 0 Å². The van der Waals surface area contributed by atoms with Gasteiger partial charge in [-0.3, -0.25) is 4.79 Å². The molecular formula is C47H89NO4. The van der Waals surface area contributed by atoms with Gasteiger partial charge in [0.25, 0.3) is 0 Å². The molecule has 1 amide bonds. The molecule has 5 heteroatoms. The third-order valence-corrected chi connectivity index (χ3v) is 10.4. The van der Waals surface area contributed by atoms with Gasteiger partial charge in [0.15, 0.2) is 0 Å². The second kappa shape index (κ2) is 42.3. The highest BCUT2D eigenvalue weighted by molar-refractivity contribution is 5.76. The summed E-state index contributed by atoms with van der Waals surface area (Å²) in [6.45, 7) is 4.20. The van der Waals surface area contributed by atoms with E-state index in [-0.39, 0.29) is 18.9 Å². The Morgan fingerprint density at radius 1 is 0.481 bits per heavy atom. The summed E-state index contributed by atoms with van der Waals surface area (Å²) in [5.41, 5.74) is 0. The van der Waals surface area contributed by atoms with E-state index in [9.17, 15) is 20.1 Å². The Morgan fingerprint density at radius 3 is 1.23 bits per heavy atom. The number of nitrogens with one attached hydrogen (secondary N) is 1. The van der Waals surface area contributed by atoms with Crippen LogP contribution in [0, 0.1) is 0 Å². The number of hydrogen-bond acceptors (Lipinski definition) is 4. The summed E-state index contributed by atoms with van der Waals surface area (Å²) in [6.07, 6.45) is 52.9. The van der Waals surface area contributed by atoms with E-state index in [1.54, 1.807) is 6.08 Å². The maximum Gasteiger partial charge on any atom is 0.222 e. The number of carbonyl (C=O) groups excluding carboxylic acids is 1.